The number of hydrogen-bond donors (Lipinski definition) is 2. The molecule has 3 rings (SSSR count). The Morgan fingerprint density at radius 1 is 1.21 bits per heavy atom. The molecule has 0 bridgehead atoms. The third-order valence-electron chi connectivity index (χ3n) is 4.39. The normalized spacial score (nSPS) is 15.4. The van der Waals surface area contributed by atoms with Gasteiger partial charge in [-0.05, 0) is 62.2 Å². The van der Waals surface area contributed by atoms with Crippen LogP contribution in [0.4, 0.5) is 5.69 Å². The molecule has 1 heterocycles. The molecule has 0 spiro atoms. The highest BCUT2D eigenvalue weighted by atomic mass is 16.5. The molecule has 0 fully saturated rings. The molecule has 7 nitrogen and oxygen atoms in total. The first-order valence-electron chi connectivity index (χ1n) is 9.02. The van der Waals surface area contributed by atoms with Gasteiger partial charge < -0.3 is 24.6 Å². The SMILES string of the molecule is COc1ccc2c(c1)CC(C(=O)Nc1cc(C(=O)O)ccc1OC(C)C)CO2. The minimum atomic E-state index is -1.08. The molecule has 2 N–H and O–H groups in total. The summed E-state index contributed by atoms with van der Waals surface area (Å²) in [6, 6.07) is 9.89. The Hall–Kier alpha value is -3.22. The molecule has 7 heteroatoms. The number of benzene rings is 2. The fraction of sp³-hybridized carbons (Fsp3) is 0.333. The van der Waals surface area contributed by atoms with Crippen LogP contribution in [0.2, 0.25) is 0 Å². The zero-order valence-electron chi connectivity index (χ0n) is 16.0. The monoisotopic (exact) mass is 385 g/mol. The van der Waals surface area contributed by atoms with Gasteiger partial charge in [0.25, 0.3) is 0 Å². The smallest absolute Gasteiger partial charge is 0.335 e. The van der Waals surface area contributed by atoms with Crippen molar-refractivity contribution in [3.8, 4) is 17.2 Å². The van der Waals surface area contributed by atoms with Crippen LogP contribution in [0.5, 0.6) is 17.2 Å². The van der Waals surface area contributed by atoms with Gasteiger partial charge in [-0.2, -0.15) is 0 Å². The van der Waals surface area contributed by atoms with E-state index < -0.39 is 11.9 Å². The molecule has 1 unspecified atom stereocenters. The quantitative estimate of drug-likeness (QED) is 0.792. The summed E-state index contributed by atoms with van der Waals surface area (Å²) in [5.74, 6) is 0.108. The Balaban J connectivity index is 1.80. The number of amides is 1. The van der Waals surface area contributed by atoms with Gasteiger partial charge in [0, 0.05) is 0 Å². The molecule has 1 aliphatic heterocycles. The number of fused-ring (bicyclic) bond motifs is 1. The minimum absolute atomic E-state index is 0.0707. The van der Waals surface area contributed by atoms with E-state index in [2.05, 4.69) is 5.32 Å². The molecular weight excluding hydrogens is 362 g/mol. The van der Waals surface area contributed by atoms with E-state index in [0.717, 1.165) is 11.3 Å². The Kier molecular flexibility index (Phi) is 5.73. The third kappa shape index (κ3) is 4.36. The molecule has 1 aliphatic rings. The molecule has 2 aromatic rings. The van der Waals surface area contributed by atoms with Crippen LogP contribution in [0.1, 0.15) is 29.8 Å². The first kappa shape index (κ1) is 19.5. The van der Waals surface area contributed by atoms with Crippen LogP contribution in [0.3, 0.4) is 0 Å². The van der Waals surface area contributed by atoms with Crippen molar-refractivity contribution in [2.75, 3.05) is 19.0 Å². The van der Waals surface area contributed by atoms with E-state index in [4.69, 9.17) is 14.2 Å². The van der Waals surface area contributed by atoms with Crippen molar-refractivity contribution in [3.05, 3.63) is 47.5 Å². The predicted octanol–water partition coefficient (Wildman–Crippen LogP) is 3.37. The van der Waals surface area contributed by atoms with E-state index in [0.29, 0.717) is 23.6 Å². The highest BCUT2D eigenvalue weighted by Gasteiger charge is 2.27. The lowest BCUT2D eigenvalue weighted by molar-refractivity contribution is -0.121. The van der Waals surface area contributed by atoms with Crippen molar-refractivity contribution in [2.24, 2.45) is 5.92 Å². The number of rotatable bonds is 6. The summed E-state index contributed by atoms with van der Waals surface area (Å²) in [5, 5.41) is 12.0. The fourth-order valence-electron chi connectivity index (χ4n) is 3.02. The molecule has 1 atom stereocenters. The number of nitrogens with one attached hydrogen (secondary N) is 1. The molecule has 1 amide bonds. The van der Waals surface area contributed by atoms with Gasteiger partial charge >= 0.3 is 5.97 Å². The van der Waals surface area contributed by atoms with Crippen LogP contribution in [0.15, 0.2) is 36.4 Å². The average molecular weight is 385 g/mol. The zero-order valence-corrected chi connectivity index (χ0v) is 16.0. The zero-order chi connectivity index (χ0) is 20.3. The van der Waals surface area contributed by atoms with E-state index in [1.54, 1.807) is 13.2 Å². The van der Waals surface area contributed by atoms with Crippen LogP contribution in [0.25, 0.3) is 0 Å². The summed E-state index contributed by atoms with van der Waals surface area (Å²) in [6.45, 7) is 3.95. The van der Waals surface area contributed by atoms with Gasteiger partial charge in [0.15, 0.2) is 0 Å². The number of anilines is 1. The first-order valence-corrected chi connectivity index (χ1v) is 9.02. The lowest BCUT2D eigenvalue weighted by Gasteiger charge is -2.25. The maximum atomic E-state index is 12.8. The summed E-state index contributed by atoms with van der Waals surface area (Å²) < 4.78 is 16.6. The van der Waals surface area contributed by atoms with E-state index in [1.807, 2.05) is 32.0 Å². The second-order valence-corrected chi connectivity index (χ2v) is 6.86. The molecular formula is C21H23NO6. The van der Waals surface area contributed by atoms with Crippen LogP contribution < -0.4 is 19.5 Å². The number of ether oxygens (including phenoxy) is 3. The summed E-state index contributed by atoms with van der Waals surface area (Å²) >= 11 is 0. The van der Waals surface area contributed by atoms with E-state index in [9.17, 15) is 14.7 Å². The van der Waals surface area contributed by atoms with E-state index >= 15 is 0 Å². The molecule has 0 aromatic heterocycles. The van der Waals surface area contributed by atoms with Crippen LogP contribution in [0, 0.1) is 5.92 Å². The predicted molar refractivity (Wildman–Crippen MR) is 103 cm³/mol. The molecule has 148 valence electrons. The summed E-state index contributed by atoms with van der Waals surface area (Å²) in [5.41, 5.74) is 1.29. The lowest BCUT2D eigenvalue weighted by atomic mass is 9.95. The van der Waals surface area contributed by atoms with Crippen molar-refractivity contribution in [1.29, 1.82) is 0 Å². The van der Waals surface area contributed by atoms with Crippen molar-refractivity contribution in [1.82, 2.24) is 0 Å². The van der Waals surface area contributed by atoms with Crippen molar-refractivity contribution < 1.29 is 28.9 Å². The van der Waals surface area contributed by atoms with Crippen LogP contribution in [-0.2, 0) is 11.2 Å². The van der Waals surface area contributed by atoms with Gasteiger partial charge in [0.1, 0.15) is 23.9 Å². The number of carboxylic acid groups (broad SMARTS) is 1. The first-order chi connectivity index (χ1) is 13.4. The van der Waals surface area contributed by atoms with Gasteiger partial charge in [-0.15, -0.1) is 0 Å². The number of carbonyl (C=O) groups is 2. The Bertz CT molecular complexity index is 892. The second-order valence-electron chi connectivity index (χ2n) is 6.86. The maximum absolute atomic E-state index is 12.8. The second kappa shape index (κ2) is 8.21. The molecule has 0 saturated heterocycles. The number of methoxy groups -OCH3 is 1. The van der Waals surface area contributed by atoms with Gasteiger partial charge in [-0.25, -0.2) is 4.79 Å². The summed E-state index contributed by atoms with van der Waals surface area (Å²) in [7, 11) is 1.58. The standard InChI is InChI=1S/C21H23NO6/c1-12(2)28-19-6-4-13(21(24)25)10-17(19)22-20(23)15-8-14-9-16(26-3)5-7-18(14)27-11-15/h4-7,9-10,12,15H,8,11H2,1-3H3,(H,22,23)(H,24,25). The van der Waals surface area contributed by atoms with Gasteiger partial charge in [0.05, 0.1) is 30.4 Å². The third-order valence-corrected chi connectivity index (χ3v) is 4.39. The summed E-state index contributed by atoms with van der Waals surface area (Å²) in [4.78, 5) is 24.1. The Morgan fingerprint density at radius 2 is 2.00 bits per heavy atom. The number of carbonyl (C=O) groups excluding carboxylic acids is 1. The van der Waals surface area contributed by atoms with Crippen LogP contribution >= 0.6 is 0 Å². The molecule has 0 radical (unpaired) electrons. The Labute approximate surface area is 163 Å². The van der Waals surface area contributed by atoms with Crippen molar-refractivity contribution in [3.63, 3.8) is 0 Å². The average Bonchev–Trinajstić information content (AvgIpc) is 2.67. The number of carboxylic acids is 1. The van der Waals surface area contributed by atoms with Crippen molar-refractivity contribution in [2.45, 2.75) is 26.4 Å². The molecule has 0 aliphatic carbocycles. The largest absolute Gasteiger partial charge is 0.497 e. The Morgan fingerprint density at radius 3 is 2.68 bits per heavy atom. The topological polar surface area (TPSA) is 94.1 Å². The highest BCUT2D eigenvalue weighted by Crippen LogP contribution is 2.32. The van der Waals surface area contributed by atoms with Crippen molar-refractivity contribution >= 4 is 17.6 Å². The van der Waals surface area contributed by atoms with Crippen LogP contribution in [-0.4, -0.2) is 36.8 Å². The van der Waals surface area contributed by atoms with Gasteiger partial charge in [-0.1, -0.05) is 0 Å². The van der Waals surface area contributed by atoms with Gasteiger partial charge in [-0.3, -0.25) is 4.79 Å². The lowest BCUT2D eigenvalue weighted by Crippen LogP contribution is -2.32. The summed E-state index contributed by atoms with van der Waals surface area (Å²) in [6.07, 6.45) is 0.376. The fourth-order valence-corrected chi connectivity index (χ4v) is 3.02. The van der Waals surface area contributed by atoms with E-state index in [1.165, 1.54) is 12.1 Å². The molecule has 0 saturated carbocycles. The van der Waals surface area contributed by atoms with E-state index in [-0.39, 0.29) is 24.2 Å². The highest BCUT2D eigenvalue weighted by molar-refractivity contribution is 5.97. The maximum Gasteiger partial charge on any atom is 0.335 e. The number of aromatic carboxylic acids is 1. The molecule has 2 aromatic carbocycles. The number of hydrogen-bond acceptors (Lipinski definition) is 5. The van der Waals surface area contributed by atoms with Gasteiger partial charge in [0.2, 0.25) is 5.91 Å². The molecule has 28 heavy (non-hydrogen) atoms. The minimum Gasteiger partial charge on any atom is -0.497 e.